The van der Waals surface area contributed by atoms with Crippen molar-refractivity contribution < 1.29 is 4.74 Å². The van der Waals surface area contributed by atoms with Crippen molar-refractivity contribution in [3.8, 4) is 5.88 Å². The van der Waals surface area contributed by atoms with Crippen LogP contribution < -0.4 is 15.8 Å². The van der Waals surface area contributed by atoms with E-state index in [4.69, 9.17) is 10.5 Å². The van der Waals surface area contributed by atoms with Crippen molar-refractivity contribution in [3.63, 3.8) is 0 Å². The molecule has 108 valence electrons. The summed E-state index contributed by atoms with van der Waals surface area (Å²) in [6, 6.07) is 0. The van der Waals surface area contributed by atoms with Crippen LogP contribution in [-0.2, 0) is 0 Å². The summed E-state index contributed by atoms with van der Waals surface area (Å²) in [7, 11) is 0. The number of anilines is 1. The predicted molar refractivity (Wildman–Crippen MR) is 78.4 cm³/mol. The molecule has 5 heteroatoms. The zero-order chi connectivity index (χ0) is 13.9. The molecule has 0 aromatic carbocycles. The first-order valence-electron chi connectivity index (χ1n) is 7.18. The molecular formula is C14H26N4O. The van der Waals surface area contributed by atoms with E-state index in [1.807, 2.05) is 0 Å². The van der Waals surface area contributed by atoms with E-state index in [-0.39, 0.29) is 0 Å². The van der Waals surface area contributed by atoms with Gasteiger partial charge in [0, 0.05) is 6.54 Å². The molecule has 0 spiro atoms. The molecule has 5 nitrogen and oxygen atoms in total. The minimum Gasteiger partial charge on any atom is -0.477 e. The number of nitrogens with two attached hydrogens (primary N) is 1. The first kappa shape index (κ1) is 15.7. The molecule has 19 heavy (non-hydrogen) atoms. The smallest absolute Gasteiger partial charge is 0.234 e. The molecule has 0 aliphatic heterocycles. The third-order valence-electron chi connectivity index (χ3n) is 2.91. The maximum absolute atomic E-state index is 5.63. The van der Waals surface area contributed by atoms with E-state index in [9.17, 15) is 0 Å². The van der Waals surface area contributed by atoms with Crippen molar-refractivity contribution in [2.75, 3.05) is 25.0 Å². The lowest BCUT2D eigenvalue weighted by molar-refractivity contribution is 0.304. The molecule has 0 aliphatic carbocycles. The number of nitrogens with one attached hydrogen (secondary N) is 1. The average Bonchev–Trinajstić information content (AvgIpc) is 2.43. The van der Waals surface area contributed by atoms with Gasteiger partial charge in [-0.3, -0.25) is 4.98 Å². The quantitative estimate of drug-likeness (QED) is 0.680. The second-order valence-corrected chi connectivity index (χ2v) is 4.70. The van der Waals surface area contributed by atoms with Crippen LogP contribution in [0.5, 0.6) is 5.88 Å². The predicted octanol–water partition coefficient (Wildman–Crippen LogP) is 2.44. The third kappa shape index (κ3) is 6.38. The van der Waals surface area contributed by atoms with Crippen LogP contribution >= 0.6 is 0 Å². The van der Waals surface area contributed by atoms with E-state index < -0.39 is 0 Å². The highest BCUT2D eigenvalue weighted by Gasteiger charge is 2.07. The van der Waals surface area contributed by atoms with E-state index in [0.717, 1.165) is 31.7 Å². The van der Waals surface area contributed by atoms with Crippen LogP contribution in [0.4, 0.5) is 5.82 Å². The fraction of sp³-hybridized carbons (Fsp3) is 0.714. The minimum absolute atomic E-state index is 0.581. The fourth-order valence-electron chi connectivity index (χ4n) is 1.95. The van der Waals surface area contributed by atoms with Gasteiger partial charge >= 0.3 is 0 Å². The molecular weight excluding hydrogens is 240 g/mol. The first-order chi connectivity index (χ1) is 9.30. The maximum atomic E-state index is 5.63. The number of hydrogen-bond donors (Lipinski definition) is 2. The van der Waals surface area contributed by atoms with E-state index in [1.54, 1.807) is 12.4 Å². The van der Waals surface area contributed by atoms with Gasteiger partial charge in [0.1, 0.15) is 5.82 Å². The number of ether oxygens (including phenoxy) is 1. The largest absolute Gasteiger partial charge is 0.477 e. The highest BCUT2D eigenvalue weighted by atomic mass is 16.5. The lowest BCUT2D eigenvalue weighted by Crippen LogP contribution is -2.18. The molecule has 1 aromatic heterocycles. The minimum atomic E-state index is 0.581. The van der Waals surface area contributed by atoms with Gasteiger partial charge in [0.25, 0.3) is 0 Å². The summed E-state index contributed by atoms with van der Waals surface area (Å²) >= 11 is 0. The lowest BCUT2D eigenvalue weighted by atomic mass is 10.00. The van der Waals surface area contributed by atoms with Crippen LogP contribution in [-0.4, -0.2) is 29.7 Å². The summed E-state index contributed by atoms with van der Waals surface area (Å²) in [5.74, 6) is 1.95. The van der Waals surface area contributed by atoms with Gasteiger partial charge in [0.05, 0.1) is 19.0 Å². The molecule has 0 bridgehead atoms. The Morgan fingerprint density at radius 2 is 2.11 bits per heavy atom. The van der Waals surface area contributed by atoms with Crippen LogP contribution in [0.3, 0.4) is 0 Å². The van der Waals surface area contributed by atoms with Crippen LogP contribution in [0.1, 0.15) is 39.5 Å². The summed E-state index contributed by atoms with van der Waals surface area (Å²) in [6.07, 6.45) is 7.74. The van der Waals surface area contributed by atoms with Crippen molar-refractivity contribution >= 4 is 5.82 Å². The Labute approximate surface area is 116 Å². The first-order valence-corrected chi connectivity index (χ1v) is 7.18. The van der Waals surface area contributed by atoms with Gasteiger partial charge in [-0.1, -0.05) is 20.3 Å². The molecule has 0 amide bonds. The highest BCUT2D eigenvalue weighted by Crippen LogP contribution is 2.13. The highest BCUT2D eigenvalue weighted by molar-refractivity contribution is 5.33. The van der Waals surface area contributed by atoms with Crippen molar-refractivity contribution in [3.05, 3.63) is 12.4 Å². The average molecular weight is 266 g/mol. The van der Waals surface area contributed by atoms with Crippen LogP contribution in [0.2, 0.25) is 0 Å². The molecule has 0 radical (unpaired) electrons. The van der Waals surface area contributed by atoms with Crippen molar-refractivity contribution in [2.24, 2.45) is 11.7 Å². The number of hydrogen-bond acceptors (Lipinski definition) is 5. The zero-order valence-electron chi connectivity index (χ0n) is 12.1. The topological polar surface area (TPSA) is 73.1 Å². The Morgan fingerprint density at radius 3 is 2.79 bits per heavy atom. The Kier molecular flexibility index (Phi) is 7.89. The van der Waals surface area contributed by atoms with Crippen molar-refractivity contribution in [2.45, 2.75) is 39.5 Å². The summed E-state index contributed by atoms with van der Waals surface area (Å²) in [6.45, 7) is 6.55. The number of nitrogens with zero attached hydrogens (tertiary/aromatic N) is 2. The van der Waals surface area contributed by atoms with Gasteiger partial charge in [-0.2, -0.15) is 4.98 Å². The Hall–Kier alpha value is -1.36. The van der Waals surface area contributed by atoms with Crippen molar-refractivity contribution in [1.29, 1.82) is 0 Å². The molecule has 1 aromatic rings. The van der Waals surface area contributed by atoms with E-state index >= 15 is 0 Å². The normalized spacial score (nSPS) is 12.2. The molecule has 0 saturated carbocycles. The zero-order valence-corrected chi connectivity index (χ0v) is 12.1. The Balaban J connectivity index is 2.46. The molecule has 1 atom stereocenters. The SMILES string of the molecule is CCCOc1cncc(NCC(CCC)CCN)n1. The van der Waals surface area contributed by atoms with Gasteiger partial charge in [0.2, 0.25) is 5.88 Å². The second kappa shape index (κ2) is 9.55. The molecule has 3 N–H and O–H groups in total. The third-order valence-corrected chi connectivity index (χ3v) is 2.91. The van der Waals surface area contributed by atoms with Crippen LogP contribution in [0.25, 0.3) is 0 Å². The van der Waals surface area contributed by atoms with E-state index in [2.05, 4.69) is 29.1 Å². The number of aromatic nitrogens is 2. The van der Waals surface area contributed by atoms with Crippen LogP contribution in [0.15, 0.2) is 12.4 Å². The van der Waals surface area contributed by atoms with Gasteiger partial charge in [0.15, 0.2) is 0 Å². The molecule has 1 heterocycles. The van der Waals surface area contributed by atoms with Gasteiger partial charge < -0.3 is 15.8 Å². The molecule has 1 rings (SSSR count). The summed E-state index contributed by atoms with van der Waals surface area (Å²) in [5.41, 5.74) is 5.63. The Bertz CT molecular complexity index is 340. The Morgan fingerprint density at radius 1 is 1.26 bits per heavy atom. The second-order valence-electron chi connectivity index (χ2n) is 4.70. The summed E-state index contributed by atoms with van der Waals surface area (Å²) < 4.78 is 5.46. The molecule has 1 unspecified atom stereocenters. The molecule has 0 aliphatic rings. The number of rotatable bonds is 10. The standard InChI is InChI=1S/C14H26N4O/c1-3-5-12(6-7-15)9-17-13-10-16-11-14(18-13)19-8-4-2/h10-12H,3-9,15H2,1-2H3,(H,17,18). The summed E-state index contributed by atoms with van der Waals surface area (Å²) in [5, 5.41) is 3.32. The van der Waals surface area contributed by atoms with Gasteiger partial charge in [-0.05, 0) is 31.7 Å². The van der Waals surface area contributed by atoms with Gasteiger partial charge in [-0.15, -0.1) is 0 Å². The van der Waals surface area contributed by atoms with E-state index in [1.165, 1.54) is 12.8 Å². The summed E-state index contributed by atoms with van der Waals surface area (Å²) in [4.78, 5) is 8.51. The van der Waals surface area contributed by atoms with Gasteiger partial charge in [-0.25, -0.2) is 0 Å². The van der Waals surface area contributed by atoms with Crippen molar-refractivity contribution in [1.82, 2.24) is 9.97 Å². The van der Waals surface area contributed by atoms with Crippen LogP contribution in [0, 0.1) is 5.92 Å². The maximum Gasteiger partial charge on any atom is 0.234 e. The fourth-order valence-corrected chi connectivity index (χ4v) is 1.95. The molecule has 0 fully saturated rings. The van der Waals surface area contributed by atoms with E-state index in [0.29, 0.717) is 18.4 Å². The lowest BCUT2D eigenvalue weighted by Gasteiger charge is -2.16. The molecule has 0 saturated heterocycles. The monoisotopic (exact) mass is 266 g/mol.